The van der Waals surface area contributed by atoms with Crippen molar-refractivity contribution in [3.8, 4) is 0 Å². The first-order valence-electron chi connectivity index (χ1n) is 6.52. The molecule has 1 aromatic carbocycles. The van der Waals surface area contributed by atoms with Gasteiger partial charge in [0.25, 0.3) is 0 Å². The molecule has 0 radical (unpaired) electrons. The lowest BCUT2D eigenvalue weighted by atomic mass is 9.89. The van der Waals surface area contributed by atoms with Crippen molar-refractivity contribution in [2.45, 2.75) is 25.7 Å². The summed E-state index contributed by atoms with van der Waals surface area (Å²) in [7, 11) is 0. The first kappa shape index (κ1) is 13.4. The van der Waals surface area contributed by atoms with E-state index in [1.54, 1.807) is 0 Å². The zero-order valence-corrected chi connectivity index (χ0v) is 14.8. The topological polar surface area (TPSA) is 12.0 Å². The van der Waals surface area contributed by atoms with Gasteiger partial charge in [0, 0.05) is 20.0 Å². The minimum Gasteiger partial charge on any atom is -0.383 e. The van der Waals surface area contributed by atoms with Crippen molar-refractivity contribution in [1.29, 1.82) is 0 Å². The van der Waals surface area contributed by atoms with E-state index in [1.807, 2.05) is 0 Å². The summed E-state index contributed by atoms with van der Waals surface area (Å²) in [6, 6.07) is 4.18. The molecule has 2 saturated carbocycles. The molecule has 2 aliphatic rings. The van der Waals surface area contributed by atoms with E-state index < -0.39 is 0 Å². The average Bonchev–Trinajstić information content (AvgIpc) is 2.89. The van der Waals surface area contributed by atoms with Crippen LogP contribution in [0, 0.1) is 17.8 Å². The van der Waals surface area contributed by atoms with E-state index in [0.717, 1.165) is 37.7 Å². The largest absolute Gasteiger partial charge is 0.383 e. The molecule has 3 unspecified atom stereocenters. The summed E-state index contributed by atoms with van der Waals surface area (Å²) in [5.74, 6) is 2.89. The Hall–Kier alpha value is 0.460. The van der Waals surface area contributed by atoms with Gasteiger partial charge in [-0.1, -0.05) is 22.4 Å². The van der Waals surface area contributed by atoms with Crippen LogP contribution in [0.15, 0.2) is 25.6 Å². The van der Waals surface area contributed by atoms with Crippen molar-refractivity contribution in [2.24, 2.45) is 17.8 Å². The van der Waals surface area contributed by atoms with Crippen LogP contribution in [-0.4, -0.2) is 6.54 Å². The highest BCUT2D eigenvalue weighted by atomic mass is 79.9. The van der Waals surface area contributed by atoms with Crippen LogP contribution < -0.4 is 5.32 Å². The molecule has 0 spiro atoms. The Morgan fingerprint density at radius 3 is 2.33 bits per heavy atom. The maximum Gasteiger partial charge on any atom is 0.0629 e. The summed E-state index contributed by atoms with van der Waals surface area (Å²) in [5, 5.41) is 3.62. The van der Waals surface area contributed by atoms with E-state index >= 15 is 0 Å². The molecule has 1 aromatic rings. The quantitative estimate of drug-likeness (QED) is 0.628. The van der Waals surface area contributed by atoms with Crippen LogP contribution in [0.4, 0.5) is 5.69 Å². The van der Waals surface area contributed by atoms with Gasteiger partial charge in [-0.2, -0.15) is 0 Å². The first-order valence-corrected chi connectivity index (χ1v) is 8.90. The van der Waals surface area contributed by atoms with E-state index in [0.29, 0.717) is 0 Å². The van der Waals surface area contributed by atoms with Crippen LogP contribution >= 0.6 is 47.8 Å². The van der Waals surface area contributed by atoms with Crippen molar-refractivity contribution >= 4 is 53.5 Å². The predicted octanol–water partition coefficient (Wildman–Crippen LogP) is 5.82. The number of nitrogens with one attached hydrogen (secondary N) is 1. The van der Waals surface area contributed by atoms with Crippen LogP contribution in [0.1, 0.15) is 25.7 Å². The normalized spacial score (nSPS) is 29.8. The maximum atomic E-state index is 3.63. The fourth-order valence-corrected chi connectivity index (χ4v) is 6.11. The minimum atomic E-state index is 0.881. The highest BCUT2D eigenvalue weighted by Gasteiger charge is 2.39. The zero-order chi connectivity index (χ0) is 12.7. The van der Waals surface area contributed by atoms with Gasteiger partial charge >= 0.3 is 0 Å². The highest BCUT2D eigenvalue weighted by molar-refractivity contribution is 9.11. The number of fused-ring (bicyclic) bond motifs is 2. The van der Waals surface area contributed by atoms with Crippen LogP contribution in [0.25, 0.3) is 0 Å². The van der Waals surface area contributed by atoms with Gasteiger partial charge < -0.3 is 5.32 Å². The predicted molar refractivity (Wildman–Crippen MR) is 87.0 cm³/mol. The lowest BCUT2D eigenvalue weighted by molar-refractivity contribution is 0.348. The fourth-order valence-electron chi connectivity index (χ4n) is 3.57. The number of benzene rings is 1. The molecule has 0 amide bonds. The minimum absolute atomic E-state index is 0.881. The van der Waals surface area contributed by atoms with Gasteiger partial charge in [-0.3, -0.25) is 0 Å². The Labute approximate surface area is 133 Å². The standard InChI is InChI=1S/C14H16Br3N/c15-11-5-12(16)14(13(17)6-11)18-7-10-4-8-1-2-9(10)3-8/h5-6,8-10,18H,1-4,7H2. The number of rotatable bonds is 3. The summed E-state index contributed by atoms with van der Waals surface area (Å²) in [6.07, 6.45) is 5.85. The molecule has 0 saturated heterocycles. The summed E-state index contributed by atoms with van der Waals surface area (Å²) < 4.78 is 3.32. The van der Waals surface area contributed by atoms with Gasteiger partial charge in [0.15, 0.2) is 0 Å². The van der Waals surface area contributed by atoms with Gasteiger partial charge in [0.2, 0.25) is 0 Å². The number of anilines is 1. The first-order chi connectivity index (χ1) is 8.63. The lowest BCUT2D eigenvalue weighted by Crippen LogP contribution is -2.20. The molecule has 3 rings (SSSR count). The molecule has 2 aliphatic carbocycles. The Balaban J connectivity index is 1.67. The van der Waals surface area contributed by atoms with Crippen LogP contribution in [0.5, 0.6) is 0 Å². The smallest absolute Gasteiger partial charge is 0.0629 e. The Morgan fingerprint density at radius 2 is 1.78 bits per heavy atom. The number of halogens is 3. The molecule has 4 heteroatoms. The summed E-state index contributed by atoms with van der Waals surface area (Å²) in [6.45, 7) is 1.11. The van der Waals surface area contributed by atoms with E-state index in [1.165, 1.54) is 31.4 Å². The maximum absolute atomic E-state index is 3.63. The van der Waals surface area contributed by atoms with E-state index in [4.69, 9.17) is 0 Å². The third kappa shape index (κ3) is 2.66. The lowest BCUT2D eigenvalue weighted by Gasteiger charge is -2.23. The summed E-state index contributed by atoms with van der Waals surface area (Å²) >= 11 is 10.8. The summed E-state index contributed by atoms with van der Waals surface area (Å²) in [5.41, 5.74) is 1.18. The molecule has 0 heterocycles. The van der Waals surface area contributed by atoms with Crippen molar-refractivity contribution in [2.75, 3.05) is 11.9 Å². The zero-order valence-electron chi connectivity index (χ0n) is 10.1. The fraction of sp³-hybridized carbons (Fsp3) is 0.571. The molecule has 3 atom stereocenters. The van der Waals surface area contributed by atoms with Crippen molar-refractivity contribution < 1.29 is 0 Å². The average molecular weight is 438 g/mol. The molecule has 1 N–H and O–H groups in total. The van der Waals surface area contributed by atoms with Crippen molar-refractivity contribution in [1.82, 2.24) is 0 Å². The SMILES string of the molecule is Brc1cc(Br)c(NCC2CC3CCC2C3)c(Br)c1. The van der Waals surface area contributed by atoms with Crippen molar-refractivity contribution in [3.63, 3.8) is 0 Å². The number of hydrogen-bond donors (Lipinski definition) is 1. The van der Waals surface area contributed by atoms with E-state index in [-0.39, 0.29) is 0 Å². The van der Waals surface area contributed by atoms with Gasteiger partial charge in [0.1, 0.15) is 0 Å². The molecule has 2 bridgehead atoms. The molecule has 0 aliphatic heterocycles. The van der Waals surface area contributed by atoms with E-state index in [2.05, 4.69) is 65.2 Å². The molecular formula is C14H16Br3N. The van der Waals surface area contributed by atoms with E-state index in [9.17, 15) is 0 Å². The van der Waals surface area contributed by atoms with Gasteiger partial charge in [0.05, 0.1) is 5.69 Å². The summed E-state index contributed by atoms with van der Waals surface area (Å²) in [4.78, 5) is 0. The number of hydrogen-bond acceptors (Lipinski definition) is 1. The monoisotopic (exact) mass is 435 g/mol. The van der Waals surface area contributed by atoms with Crippen LogP contribution in [-0.2, 0) is 0 Å². The molecular weight excluding hydrogens is 422 g/mol. The highest BCUT2D eigenvalue weighted by Crippen LogP contribution is 2.48. The second-order valence-electron chi connectivity index (χ2n) is 5.56. The van der Waals surface area contributed by atoms with Gasteiger partial charge in [-0.25, -0.2) is 0 Å². The van der Waals surface area contributed by atoms with Gasteiger partial charge in [-0.15, -0.1) is 0 Å². The van der Waals surface area contributed by atoms with Crippen molar-refractivity contribution in [3.05, 3.63) is 25.6 Å². The molecule has 18 heavy (non-hydrogen) atoms. The molecule has 2 fully saturated rings. The molecule has 0 aromatic heterocycles. The third-order valence-electron chi connectivity index (χ3n) is 4.43. The van der Waals surface area contributed by atoms with Crippen LogP contribution in [0.2, 0.25) is 0 Å². The van der Waals surface area contributed by atoms with Crippen LogP contribution in [0.3, 0.4) is 0 Å². The second kappa shape index (κ2) is 5.45. The second-order valence-corrected chi connectivity index (χ2v) is 8.18. The Morgan fingerprint density at radius 1 is 1.06 bits per heavy atom. The molecule has 98 valence electrons. The third-order valence-corrected chi connectivity index (χ3v) is 6.14. The van der Waals surface area contributed by atoms with Gasteiger partial charge in [-0.05, 0) is 81.0 Å². The Kier molecular flexibility index (Phi) is 4.07. The Bertz CT molecular complexity index is 437. The molecule has 1 nitrogen and oxygen atoms in total.